The van der Waals surface area contributed by atoms with Gasteiger partial charge in [0.2, 0.25) is 0 Å². The molecule has 82 valence electrons. The first-order valence-corrected chi connectivity index (χ1v) is 5.14. The number of hydrogen-bond acceptors (Lipinski definition) is 5. The normalized spacial score (nSPS) is 28.6. The molecule has 1 aromatic heterocycles. The highest BCUT2D eigenvalue weighted by molar-refractivity contribution is 5.12. The second kappa shape index (κ2) is 3.92. The van der Waals surface area contributed by atoms with Crippen LogP contribution in [-0.4, -0.2) is 27.4 Å². The molecule has 2 unspecified atom stereocenters. The van der Waals surface area contributed by atoms with Gasteiger partial charge in [0.15, 0.2) is 0 Å². The van der Waals surface area contributed by atoms with Gasteiger partial charge in [-0.15, -0.1) is 5.10 Å². The molecule has 1 aliphatic rings. The van der Waals surface area contributed by atoms with Gasteiger partial charge < -0.3 is 5.32 Å². The van der Waals surface area contributed by atoms with Gasteiger partial charge in [0.05, 0.1) is 12.1 Å². The zero-order valence-corrected chi connectivity index (χ0v) is 9.01. The van der Waals surface area contributed by atoms with Crippen LogP contribution in [0, 0.1) is 22.7 Å². The van der Waals surface area contributed by atoms with Crippen LogP contribution in [0.5, 0.6) is 0 Å². The topological polar surface area (TPSA) is 90.3 Å². The highest BCUT2D eigenvalue weighted by atomic mass is 15.3. The fourth-order valence-corrected chi connectivity index (χ4v) is 2.13. The van der Waals surface area contributed by atoms with E-state index in [4.69, 9.17) is 10.5 Å². The monoisotopic (exact) mass is 216 g/mol. The molecule has 0 amide bonds. The zero-order valence-electron chi connectivity index (χ0n) is 9.01. The molecule has 1 heterocycles. The number of nitrogens with zero attached hydrogens (tertiary/aromatic N) is 5. The lowest BCUT2D eigenvalue weighted by Crippen LogP contribution is -2.38. The van der Waals surface area contributed by atoms with E-state index in [1.165, 1.54) is 0 Å². The fourth-order valence-electron chi connectivity index (χ4n) is 2.13. The Bertz CT molecular complexity index is 464. The summed E-state index contributed by atoms with van der Waals surface area (Å²) in [5, 5.41) is 24.9. The van der Waals surface area contributed by atoms with Gasteiger partial charge in [-0.3, -0.25) is 0 Å². The third-order valence-corrected chi connectivity index (χ3v) is 3.16. The van der Waals surface area contributed by atoms with Crippen LogP contribution < -0.4 is 5.32 Å². The largest absolute Gasteiger partial charge is 0.302 e. The van der Waals surface area contributed by atoms with E-state index in [0.29, 0.717) is 6.42 Å². The second-order valence-electron chi connectivity index (χ2n) is 4.00. The smallest absolute Gasteiger partial charge is 0.252 e. The molecule has 2 atom stereocenters. The molecule has 0 aromatic carbocycles. The molecule has 6 heteroatoms. The predicted molar refractivity (Wildman–Crippen MR) is 55.0 cm³/mol. The molecule has 0 radical (unpaired) electrons. The van der Waals surface area contributed by atoms with Gasteiger partial charge in [-0.1, -0.05) is 0 Å². The van der Waals surface area contributed by atoms with Crippen LogP contribution in [0.15, 0.2) is 6.33 Å². The Labute approximate surface area is 93.5 Å². The third-order valence-electron chi connectivity index (χ3n) is 3.16. The zero-order chi connectivity index (χ0) is 11.6. The quantitative estimate of drug-likeness (QED) is 0.770. The Morgan fingerprint density at radius 3 is 2.94 bits per heavy atom. The van der Waals surface area contributed by atoms with Crippen molar-refractivity contribution in [1.82, 2.24) is 20.1 Å². The number of rotatable bonds is 2. The molecule has 0 aliphatic heterocycles. The Morgan fingerprint density at radius 1 is 1.62 bits per heavy atom. The van der Waals surface area contributed by atoms with Crippen LogP contribution in [0.4, 0.5) is 0 Å². The third kappa shape index (κ3) is 1.64. The standard InChI is InChI=1S/C10H12N6/c1-13-10(6-12)3-2-8(4-10)16-7-14-9(5-11)15-16/h7-8,13H,2-4H2,1H3. The summed E-state index contributed by atoms with van der Waals surface area (Å²) in [5.41, 5.74) is -0.455. The highest BCUT2D eigenvalue weighted by Gasteiger charge is 2.39. The summed E-state index contributed by atoms with van der Waals surface area (Å²) in [7, 11) is 1.80. The van der Waals surface area contributed by atoms with E-state index in [9.17, 15) is 0 Å². The van der Waals surface area contributed by atoms with Crippen LogP contribution in [0.25, 0.3) is 0 Å². The molecule has 1 aliphatic carbocycles. The molecular formula is C10H12N6. The summed E-state index contributed by atoms with van der Waals surface area (Å²) < 4.78 is 1.69. The van der Waals surface area contributed by atoms with E-state index >= 15 is 0 Å². The van der Waals surface area contributed by atoms with Crippen molar-refractivity contribution in [3.8, 4) is 12.1 Å². The van der Waals surface area contributed by atoms with Gasteiger partial charge in [0.1, 0.15) is 17.9 Å². The lowest BCUT2D eigenvalue weighted by atomic mass is 10.0. The van der Waals surface area contributed by atoms with Crippen LogP contribution >= 0.6 is 0 Å². The number of nitrogens with one attached hydrogen (secondary N) is 1. The summed E-state index contributed by atoms with van der Waals surface area (Å²) in [6.07, 6.45) is 3.94. The van der Waals surface area contributed by atoms with Gasteiger partial charge in [-0.25, -0.2) is 9.67 Å². The molecule has 2 rings (SSSR count). The summed E-state index contributed by atoms with van der Waals surface area (Å²) in [5.74, 6) is 0.180. The molecule has 0 spiro atoms. The highest BCUT2D eigenvalue weighted by Crippen LogP contribution is 2.36. The van der Waals surface area contributed by atoms with Gasteiger partial charge in [-0.2, -0.15) is 10.5 Å². The van der Waals surface area contributed by atoms with E-state index in [1.54, 1.807) is 18.1 Å². The lowest BCUT2D eigenvalue weighted by molar-refractivity contribution is 0.409. The summed E-state index contributed by atoms with van der Waals surface area (Å²) in [4.78, 5) is 3.87. The van der Waals surface area contributed by atoms with Crippen LogP contribution in [0.3, 0.4) is 0 Å². The van der Waals surface area contributed by atoms with Crippen molar-refractivity contribution in [3.63, 3.8) is 0 Å². The predicted octanol–water partition coefficient (Wildman–Crippen LogP) is 0.357. The summed E-state index contributed by atoms with van der Waals surface area (Å²) >= 11 is 0. The first kappa shape index (κ1) is 10.6. The van der Waals surface area contributed by atoms with Crippen molar-refractivity contribution in [2.75, 3.05) is 7.05 Å². The fraction of sp³-hybridized carbons (Fsp3) is 0.600. The van der Waals surface area contributed by atoms with Gasteiger partial charge >= 0.3 is 0 Å². The summed E-state index contributed by atoms with van der Waals surface area (Å²) in [6, 6.07) is 4.36. The minimum Gasteiger partial charge on any atom is -0.302 e. The molecule has 16 heavy (non-hydrogen) atoms. The van der Waals surface area contributed by atoms with Crippen LogP contribution in [0.1, 0.15) is 31.1 Å². The minimum absolute atomic E-state index is 0.154. The van der Waals surface area contributed by atoms with Crippen LogP contribution in [-0.2, 0) is 0 Å². The number of nitriles is 2. The molecule has 0 saturated heterocycles. The van der Waals surface area contributed by atoms with Crippen molar-refractivity contribution in [3.05, 3.63) is 12.2 Å². The maximum Gasteiger partial charge on any atom is 0.252 e. The van der Waals surface area contributed by atoms with Gasteiger partial charge in [0, 0.05) is 6.42 Å². The van der Waals surface area contributed by atoms with Crippen LogP contribution in [0.2, 0.25) is 0 Å². The molecular weight excluding hydrogens is 204 g/mol. The summed E-state index contributed by atoms with van der Waals surface area (Å²) in [6.45, 7) is 0. The maximum absolute atomic E-state index is 9.12. The van der Waals surface area contributed by atoms with E-state index in [1.807, 2.05) is 6.07 Å². The first-order valence-electron chi connectivity index (χ1n) is 5.14. The Balaban J connectivity index is 2.15. The average molecular weight is 216 g/mol. The van der Waals surface area contributed by atoms with E-state index in [0.717, 1.165) is 12.8 Å². The number of aromatic nitrogens is 3. The molecule has 1 aromatic rings. The van der Waals surface area contributed by atoms with Crippen molar-refractivity contribution in [2.45, 2.75) is 30.8 Å². The molecule has 0 bridgehead atoms. The molecule has 1 saturated carbocycles. The van der Waals surface area contributed by atoms with Crippen molar-refractivity contribution in [1.29, 1.82) is 10.5 Å². The Kier molecular flexibility index (Phi) is 2.59. The molecule has 1 N–H and O–H groups in total. The molecule has 1 fully saturated rings. The SMILES string of the molecule is CNC1(C#N)CCC(n2cnc(C#N)n2)C1. The molecule has 6 nitrogen and oxygen atoms in total. The van der Waals surface area contributed by atoms with Crippen molar-refractivity contribution < 1.29 is 0 Å². The Morgan fingerprint density at radius 2 is 2.44 bits per heavy atom. The Hall–Kier alpha value is -1.92. The van der Waals surface area contributed by atoms with E-state index < -0.39 is 5.54 Å². The second-order valence-corrected chi connectivity index (χ2v) is 4.00. The average Bonchev–Trinajstić information content (AvgIpc) is 2.96. The van der Waals surface area contributed by atoms with Crippen molar-refractivity contribution >= 4 is 0 Å². The lowest BCUT2D eigenvalue weighted by Gasteiger charge is -2.19. The maximum atomic E-state index is 9.12. The minimum atomic E-state index is -0.455. The van der Waals surface area contributed by atoms with E-state index in [-0.39, 0.29) is 11.9 Å². The van der Waals surface area contributed by atoms with Crippen molar-refractivity contribution in [2.24, 2.45) is 0 Å². The number of hydrogen-bond donors (Lipinski definition) is 1. The first-order chi connectivity index (χ1) is 7.73. The van der Waals surface area contributed by atoms with Gasteiger partial charge in [-0.05, 0) is 19.9 Å². The van der Waals surface area contributed by atoms with Gasteiger partial charge in [0.25, 0.3) is 5.82 Å². The van der Waals surface area contributed by atoms with E-state index in [2.05, 4.69) is 21.5 Å².